The molecule has 1 aliphatic heterocycles. The first-order chi connectivity index (χ1) is 10.6. The number of hydrogen-bond acceptors (Lipinski definition) is 3. The van der Waals surface area contributed by atoms with Crippen LogP contribution in [0, 0.1) is 0 Å². The van der Waals surface area contributed by atoms with E-state index in [1.165, 1.54) is 0 Å². The van der Waals surface area contributed by atoms with Crippen LogP contribution < -0.4 is 10.2 Å². The van der Waals surface area contributed by atoms with E-state index in [2.05, 4.69) is 5.32 Å². The van der Waals surface area contributed by atoms with Crippen LogP contribution in [0.25, 0.3) is 0 Å². The average Bonchev–Trinajstić information content (AvgIpc) is 3.13. The Kier molecular flexibility index (Phi) is 3.96. The molecule has 1 aromatic carbocycles. The summed E-state index contributed by atoms with van der Waals surface area (Å²) in [5.41, 5.74) is 1.98. The minimum atomic E-state index is -0.0402. The molecule has 2 heterocycles. The first kappa shape index (κ1) is 14.4. The Hall–Kier alpha value is -2.56. The van der Waals surface area contributed by atoms with Crippen LogP contribution in [0.5, 0.6) is 0 Å². The number of furan rings is 1. The highest BCUT2D eigenvalue weighted by Crippen LogP contribution is 2.37. The van der Waals surface area contributed by atoms with Crippen molar-refractivity contribution in [1.29, 1.82) is 0 Å². The number of benzene rings is 1. The second kappa shape index (κ2) is 6.05. The van der Waals surface area contributed by atoms with E-state index in [1.54, 1.807) is 24.2 Å². The Labute approximate surface area is 128 Å². The lowest BCUT2D eigenvalue weighted by Crippen LogP contribution is -2.29. The Balaban J connectivity index is 1.65. The molecule has 0 fully saturated rings. The molecule has 5 nitrogen and oxygen atoms in total. The minimum absolute atomic E-state index is 0.00550. The third kappa shape index (κ3) is 2.88. The topological polar surface area (TPSA) is 62.6 Å². The van der Waals surface area contributed by atoms with Gasteiger partial charge in [0.2, 0.25) is 11.8 Å². The van der Waals surface area contributed by atoms with E-state index in [1.807, 2.05) is 30.3 Å². The predicted molar refractivity (Wildman–Crippen MR) is 82.4 cm³/mol. The number of amides is 2. The van der Waals surface area contributed by atoms with E-state index in [0.29, 0.717) is 19.5 Å². The van der Waals surface area contributed by atoms with Crippen molar-refractivity contribution >= 4 is 17.5 Å². The van der Waals surface area contributed by atoms with Gasteiger partial charge in [-0.2, -0.15) is 0 Å². The molecule has 1 aliphatic rings. The van der Waals surface area contributed by atoms with Crippen LogP contribution in [0.1, 0.15) is 30.6 Å². The normalized spacial score (nSPS) is 16.4. The van der Waals surface area contributed by atoms with Crippen LogP contribution >= 0.6 is 0 Å². The molecule has 114 valence electrons. The van der Waals surface area contributed by atoms with Crippen molar-refractivity contribution in [2.75, 3.05) is 11.4 Å². The van der Waals surface area contributed by atoms with E-state index in [9.17, 15) is 9.59 Å². The van der Waals surface area contributed by atoms with E-state index in [-0.39, 0.29) is 17.7 Å². The van der Waals surface area contributed by atoms with Crippen molar-refractivity contribution in [2.45, 2.75) is 25.8 Å². The highest BCUT2D eigenvalue weighted by atomic mass is 16.3. The molecule has 0 radical (unpaired) electrons. The van der Waals surface area contributed by atoms with Crippen LogP contribution in [-0.4, -0.2) is 18.4 Å². The SMILES string of the molecule is CC(=O)N1CC(CC(=O)NCc2ccco2)c2ccccc21. The van der Waals surface area contributed by atoms with E-state index in [4.69, 9.17) is 4.42 Å². The summed E-state index contributed by atoms with van der Waals surface area (Å²) in [4.78, 5) is 25.6. The summed E-state index contributed by atoms with van der Waals surface area (Å²) >= 11 is 0. The monoisotopic (exact) mass is 298 g/mol. The number of para-hydroxylation sites is 1. The van der Waals surface area contributed by atoms with Crippen LogP contribution in [-0.2, 0) is 16.1 Å². The van der Waals surface area contributed by atoms with E-state index in [0.717, 1.165) is 17.0 Å². The molecule has 0 saturated heterocycles. The van der Waals surface area contributed by atoms with Crippen LogP contribution in [0.3, 0.4) is 0 Å². The van der Waals surface area contributed by atoms with Gasteiger partial charge in [0.05, 0.1) is 12.8 Å². The molecule has 0 spiro atoms. The average molecular weight is 298 g/mol. The van der Waals surface area contributed by atoms with Gasteiger partial charge >= 0.3 is 0 Å². The van der Waals surface area contributed by atoms with Gasteiger partial charge in [-0.05, 0) is 23.8 Å². The highest BCUT2D eigenvalue weighted by molar-refractivity contribution is 5.94. The number of nitrogens with zero attached hydrogens (tertiary/aromatic N) is 1. The molecular weight excluding hydrogens is 280 g/mol. The summed E-state index contributed by atoms with van der Waals surface area (Å²) in [6, 6.07) is 11.4. The summed E-state index contributed by atoms with van der Waals surface area (Å²) in [7, 11) is 0. The molecule has 5 heteroatoms. The molecule has 3 rings (SSSR count). The first-order valence-corrected chi connectivity index (χ1v) is 7.31. The van der Waals surface area contributed by atoms with Gasteiger partial charge in [-0.1, -0.05) is 18.2 Å². The number of hydrogen-bond donors (Lipinski definition) is 1. The van der Waals surface area contributed by atoms with Gasteiger partial charge < -0.3 is 14.6 Å². The lowest BCUT2D eigenvalue weighted by atomic mass is 9.97. The summed E-state index contributed by atoms with van der Waals surface area (Å²) in [6.07, 6.45) is 1.95. The molecule has 0 saturated carbocycles. The maximum atomic E-state index is 12.1. The maximum absolute atomic E-state index is 12.1. The standard InChI is InChI=1S/C17H18N2O3/c1-12(20)19-11-13(15-6-2-3-7-16(15)19)9-17(21)18-10-14-5-4-8-22-14/h2-8,13H,9-11H2,1H3,(H,18,21). The van der Waals surface area contributed by atoms with Crippen molar-refractivity contribution < 1.29 is 14.0 Å². The second-order valence-electron chi connectivity index (χ2n) is 5.45. The fraction of sp³-hybridized carbons (Fsp3) is 0.294. The third-order valence-electron chi connectivity index (χ3n) is 3.92. The van der Waals surface area contributed by atoms with Gasteiger partial charge in [0.15, 0.2) is 0 Å². The van der Waals surface area contributed by atoms with Crippen LogP contribution in [0.2, 0.25) is 0 Å². The summed E-state index contributed by atoms with van der Waals surface area (Å²) < 4.78 is 5.19. The zero-order valence-electron chi connectivity index (χ0n) is 12.4. The summed E-state index contributed by atoms with van der Waals surface area (Å²) in [5, 5.41) is 2.85. The lowest BCUT2D eigenvalue weighted by Gasteiger charge is -2.15. The van der Waals surface area contributed by atoms with Crippen LogP contribution in [0.4, 0.5) is 5.69 Å². The van der Waals surface area contributed by atoms with Gasteiger partial charge in [-0.3, -0.25) is 9.59 Å². The first-order valence-electron chi connectivity index (χ1n) is 7.31. The Morgan fingerprint density at radius 2 is 2.09 bits per heavy atom. The minimum Gasteiger partial charge on any atom is -0.467 e. The van der Waals surface area contributed by atoms with Crippen molar-refractivity contribution in [1.82, 2.24) is 5.32 Å². The van der Waals surface area contributed by atoms with Gasteiger partial charge in [0.1, 0.15) is 5.76 Å². The molecule has 0 aliphatic carbocycles. The van der Waals surface area contributed by atoms with E-state index >= 15 is 0 Å². The molecular formula is C17H18N2O3. The summed E-state index contributed by atoms with van der Waals surface area (Å²) in [6.45, 7) is 2.50. The maximum Gasteiger partial charge on any atom is 0.223 e. The fourth-order valence-electron chi connectivity index (χ4n) is 2.86. The van der Waals surface area contributed by atoms with Gasteiger partial charge in [0, 0.05) is 31.5 Å². The molecule has 2 amide bonds. The second-order valence-corrected chi connectivity index (χ2v) is 5.45. The Bertz CT molecular complexity index is 679. The molecule has 1 N–H and O–H groups in total. The number of anilines is 1. The molecule has 0 bridgehead atoms. The van der Waals surface area contributed by atoms with Gasteiger partial charge in [-0.15, -0.1) is 0 Å². The third-order valence-corrected chi connectivity index (χ3v) is 3.92. The smallest absolute Gasteiger partial charge is 0.223 e. The van der Waals surface area contributed by atoms with Crippen molar-refractivity contribution in [2.24, 2.45) is 0 Å². The lowest BCUT2D eigenvalue weighted by molar-refractivity contribution is -0.122. The molecule has 1 aromatic heterocycles. The largest absolute Gasteiger partial charge is 0.467 e. The fourth-order valence-corrected chi connectivity index (χ4v) is 2.86. The molecule has 1 atom stereocenters. The summed E-state index contributed by atoms with van der Waals surface area (Å²) in [5.74, 6) is 0.731. The number of carbonyl (C=O) groups is 2. The highest BCUT2D eigenvalue weighted by Gasteiger charge is 2.31. The van der Waals surface area contributed by atoms with Crippen molar-refractivity contribution in [3.05, 3.63) is 54.0 Å². The number of fused-ring (bicyclic) bond motifs is 1. The quantitative estimate of drug-likeness (QED) is 0.943. The van der Waals surface area contributed by atoms with Crippen LogP contribution in [0.15, 0.2) is 47.1 Å². The Morgan fingerprint density at radius 3 is 2.82 bits per heavy atom. The van der Waals surface area contributed by atoms with Crippen molar-refractivity contribution in [3.63, 3.8) is 0 Å². The molecule has 22 heavy (non-hydrogen) atoms. The zero-order chi connectivity index (χ0) is 15.5. The van der Waals surface area contributed by atoms with Gasteiger partial charge in [-0.25, -0.2) is 0 Å². The zero-order valence-corrected chi connectivity index (χ0v) is 12.4. The number of carbonyl (C=O) groups excluding carboxylic acids is 2. The number of nitrogens with one attached hydrogen (secondary N) is 1. The number of rotatable bonds is 4. The molecule has 1 unspecified atom stereocenters. The van der Waals surface area contributed by atoms with Crippen molar-refractivity contribution in [3.8, 4) is 0 Å². The van der Waals surface area contributed by atoms with Gasteiger partial charge in [0.25, 0.3) is 0 Å². The Morgan fingerprint density at radius 1 is 1.27 bits per heavy atom. The van der Waals surface area contributed by atoms with E-state index < -0.39 is 0 Å². The molecule has 2 aromatic rings. The predicted octanol–water partition coefficient (Wildman–Crippen LogP) is 2.44.